The molecule has 106 valence electrons. The second-order valence-corrected chi connectivity index (χ2v) is 4.35. The maximum atomic E-state index is 12.8. The number of carbonyl (C=O) groups is 1. The van der Waals surface area contributed by atoms with Crippen LogP contribution in [0.5, 0.6) is 0 Å². The monoisotopic (exact) mass is 268 g/mol. The lowest BCUT2D eigenvalue weighted by atomic mass is 10.3. The highest BCUT2D eigenvalue weighted by Crippen LogP contribution is 2.10. The number of hydrogen-bond acceptors (Lipinski definition) is 2. The zero-order chi connectivity index (χ0) is 14.1. The number of unbranched alkanes of at least 4 members (excludes halogenated alkanes) is 1. The van der Waals surface area contributed by atoms with Gasteiger partial charge in [-0.3, -0.25) is 0 Å². The van der Waals surface area contributed by atoms with Gasteiger partial charge in [-0.25, -0.2) is 9.18 Å². The van der Waals surface area contributed by atoms with Crippen molar-refractivity contribution in [3.05, 3.63) is 30.1 Å². The lowest BCUT2D eigenvalue weighted by Crippen LogP contribution is -2.36. The average molecular weight is 268 g/mol. The largest absolute Gasteiger partial charge is 0.396 e. The van der Waals surface area contributed by atoms with Crippen LogP contribution in [-0.4, -0.2) is 35.7 Å². The van der Waals surface area contributed by atoms with Crippen molar-refractivity contribution < 1.29 is 14.3 Å². The molecule has 1 aromatic carbocycles. The summed E-state index contributed by atoms with van der Waals surface area (Å²) in [5.74, 6) is -0.332. The molecule has 0 saturated carbocycles. The van der Waals surface area contributed by atoms with Gasteiger partial charge in [0.25, 0.3) is 0 Å². The molecule has 0 radical (unpaired) electrons. The minimum absolute atomic E-state index is 0.0620. The second kappa shape index (κ2) is 8.48. The smallest absolute Gasteiger partial charge is 0.321 e. The molecule has 0 spiro atoms. The Bertz CT molecular complexity index is 374. The molecule has 1 rings (SSSR count). The molecule has 2 amide bonds. The van der Waals surface area contributed by atoms with Crippen molar-refractivity contribution in [2.75, 3.05) is 25.0 Å². The zero-order valence-electron chi connectivity index (χ0n) is 11.2. The summed E-state index contributed by atoms with van der Waals surface area (Å²) in [4.78, 5) is 13.7. The minimum Gasteiger partial charge on any atom is -0.396 e. The Kier molecular flexibility index (Phi) is 6.89. The van der Waals surface area contributed by atoms with Crippen LogP contribution in [-0.2, 0) is 0 Å². The first-order valence-corrected chi connectivity index (χ1v) is 6.59. The van der Waals surface area contributed by atoms with E-state index in [1.807, 2.05) is 0 Å². The molecule has 0 unspecified atom stereocenters. The minimum atomic E-state index is -0.332. The van der Waals surface area contributed by atoms with Crippen LogP contribution >= 0.6 is 0 Å². The van der Waals surface area contributed by atoms with E-state index in [1.165, 1.54) is 24.3 Å². The fourth-order valence-corrected chi connectivity index (χ4v) is 1.66. The molecule has 0 fully saturated rings. The van der Waals surface area contributed by atoms with Crippen LogP contribution in [0.4, 0.5) is 14.9 Å². The van der Waals surface area contributed by atoms with Crippen LogP contribution in [0.25, 0.3) is 0 Å². The molecular formula is C14H21FN2O2. The topological polar surface area (TPSA) is 52.6 Å². The van der Waals surface area contributed by atoms with Gasteiger partial charge in [0.1, 0.15) is 5.82 Å². The van der Waals surface area contributed by atoms with Crippen LogP contribution < -0.4 is 5.32 Å². The summed E-state index contributed by atoms with van der Waals surface area (Å²) in [6.45, 7) is 3.29. The maximum Gasteiger partial charge on any atom is 0.321 e. The lowest BCUT2D eigenvalue weighted by molar-refractivity contribution is 0.201. The highest BCUT2D eigenvalue weighted by Gasteiger charge is 2.12. The SMILES string of the molecule is CCCCN(CCCO)C(=O)Nc1ccc(F)cc1. The van der Waals surface area contributed by atoms with Gasteiger partial charge in [-0.1, -0.05) is 13.3 Å². The summed E-state index contributed by atoms with van der Waals surface area (Å²) in [5.41, 5.74) is 0.567. The lowest BCUT2D eigenvalue weighted by Gasteiger charge is -2.22. The normalized spacial score (nSPS) is 10.3. The molecule has 0 saturated heterocycles. The van der Waals surface area contributed by atoms with Crippen LogP contribution in [0.1, 0.15) is 26.2 Å². The summed E-state index contributed by atoms with van der Waals surface area (Å²) < 4.78 is 12.8. The standard InChI is InChI=1S/C14H21FN2O2/c1-2-3-9-17(10-4-11-18)14(19)16-13-7-5-12(15)6-8-13/h5-8,18H,2-4,9-11H2,1H3,(H,16,19). The molecule has 4 nitrogen and oxygen atoms in total. The van der Waals surface area contributed by atoms with Crippen molar-refractivity contribution >= 4 is 11.7 Å². The number of aliphatic hydroxyl groups is 1. The van der Waals surface area contributed by atoms with Crippen LogP contribution in [0.3, 0.4) is 0 Å². The predicted molar refractivity (Wildman–Crippen MR) is 73.6 cm³/mol. The first kappa shape index (κ1) is 15.4. The van der Waals surface area contributed by atoms with E-state index in [2.05, 4.69) is 12.2 Å². The molecule has 0 atom stereocenters. The van der Waals surface area contributed by atoms with E-state index in [0.717, 1.165) is 12.8 Å². The summed E-state index contributed by atoms with van der Waals surface area (Å²) in [7, 11) is 0. The van der Waals surface area contributed by atoms with Gasteiger partial charge in [-0.05, 0) is 37.1 Å². The molecule has 0 aromatic heterocycles. The number of anilines is 1. The molecule has 0 aliphatic rings. The number of nitrogens with zero attached hydrogens (tertiary/aromatic N) is 1. The van der Waals surface area contributed by atoms with Gasteiger partial charge in [0, 0.05) is 25.4 Å². The second-order valence-electron chi connectivity index (χ2n) is 4.35. The van der Waals surface area contributed by atoms with Gasteiger partial charge < -0.3 is 15.3 Å². The van der Waals surface area contributed by atoms with Crippen molar-refractivity contribution in [3.8, 4) is 0 Å². The number of halogens is 1. The van der Waals surface area contributed by atoms with E-state index in [0.29, 0.717) is 25.2 Å². The summed E-state index contributed by atoms with van der Waals surface area (Å²) in [5, 5.41) is 11.6. The number of aliphatic hydroxyl groups excluding tert-OH is 1. The van der Waals surface area contributed by atoms with E-state index in [9.17, 15) is 9.18 Å². The number of rotatable bonds is 7. The zero-order valence-corrected chi connectivity index (χ0v) is 11.2. The van der Waals surface area contributed by atoms with Crippen molar-refractivity contribution in [1.29, 1.82) is 0 Å². The number of benzene rings is 1. The number of amides is 2. The Labute approximate surface area is 113 Å². The fraction of sp³-hybridized carbons (Fsp3) is 0.500. The summed E-state index contributed by atoms with van der Waals surface area (Å²) >= 11 is 0. The molecule has 0 aliphatic carbocycles. The van der Waals surface area contributed by atoms with Crippen molar-refractivity contribution in [3.63, 3.8) is 0 Å². The molecule has 0 heterocycles. The van der Waals surface area contributed by atoms with Crippen molar-refractivity contribution in [1.82, 2.24) is 4.90 Å². The average Bonchev–Trinajstić information content (AvgIpc) is 2.41. The first-order chi connectivity index (χ1) is 9.17. The quantitative estimate of drug-likeness (QED) is 0.799. The third-order valence-electron chi connectivity index (χ3n) is 2.75. The van der Waals surface area contributed by atoms with Crippen LogP contribution in [0.2, 0.25) is 0 Å². The van der Waals surface area contributed by atoms with Gasteiger partial charge >= 0.3 is 6.03 Å². The molecule has 2 N–H and O–H groups in total. The van der Waals surface area contributed by atoms with E-state index in [1.54, 1.807) is 4.90 Å². The Morgan fingerprint density at radius 1 is 1.26 bits per heavy atom. The Morgan fingerprint density at radius 2 is 1.89 bits per heavy atom. The third kappa shape index (κ3) is 5.70. The highest BCUT2D eigenvalue weighted by atomic mass is 19.1. The highest BCUT2D eigenvalue weighted by molar-refractivity contribution is 5.89. The van der Waals surface area contributed by atoms with Gasteiger partial charge in [0.2, 0.25) is 0 Å². The van der Waals surface area contributed by atoms with E-state index in [-0.39, 0.29) is 18.5 Å². The van der Waals surface area contributed by atoms with Gasteiger partial charge in [-0.2, -0.15) is 0 Å². The van der Waals surface area contributed by atoms with Gasteiger partial charge in [-0.15, -0.1) is 0 Å². The van der Waals surface area contributed by atoms with Crippen molar-refractivity contribution in [2.24, 2.45) is 0 Å². The molecule has 0 bridgehead atoms. The molecule has 1 aromatic rings. The Balaban J connectivity index is 2.56. The molecular weight excluding hydrogens is 247 g/mol. The number of nitrogens with one attached hydrogen (secondary N) is 1. The third-order valence-corrected chi connectivity index (χ3v) is 2.75. The number of hydrogen-bond donors (Lipinski definition) is 2. The van der Waals surface area contributed by atoms with E-state index < -0.39 is 0 Å². The predicted octanol–water partition coefficient (Wildman–Crippen LogP) is 2.84. The van der Waals surface area contributed by atoms with Crippen molar-refractivity contribution in [2.45, 2.75) is 26.2 Å². The van der Waals surface area contributed by atoms with Crippen LogP contribution in [0.15, 0.2) is 24.3 Å². The van der Waals surface area contributed by atoms with Gasteiger partial charge in [0.05, 0.1) is 0 Å². The molecule has 5 heteroatoms. The van der Waals surface area contributed by atoms with E-state index >= 15 is 0 Å². The summed E-state index contributed by atoms with van der Waals surface area (Å²) in [6.07, 6.45) is 2.47. The maximum absolute atomic E-state index is 12.8. The van der Waals surface area contributed by atoms with Gasteiger partial charge in [0.15, 0.2) is 0 Å². The first-order valence-electron chi connectivity index (χ1n) is 6.59. The van der Waals surface area contributed by atoms with Crippen LogP contribution in [0, 0.1) is 5.82 Å². The number of carbonyl (C=O) groups excluding carboxylic acids is 1. The number of urea groups is 1. The van der Waals surface area contributed by atoms with E-state index in [4.69, 9.17) is 5.11 Å². The molecule has 0 aliphatic heterocycles. The Morgan fingerprint density at radius 3 is 2.47 bits per heavy atom. The summed E-state index contributed by atoms with van der Waals surface area (Å²) in [6, 6.07) is 5.45. The Hall–Kier alpha value is -1.62. The fourth-order valence-electron chi connectivity index (χ4n) is 1.66. The molecule has 19 heavy (non-hydrogen) atoms.